The number of pyridine rings is 2. The number of ether oxygens (including phenoxy) is 1. The van der Waals surface area contributed by atoms with Crippen LogP contribution in [0.15, 0.2) is 61.4 Å². The number of hydrogen-bond acceptors (Lipinski definition) is 7. The summed E-state index contributed by atoms with van der Waals surface area (Å²) in [5.41, 5.74) is -1.68. The molecule has 0 atom stereocenters. The number of anilines is 1. The van der Waals surface area contributed by atoms with Crippen molar-refractivity contribution in [2.24, 2.45) is 0 Å². The lowest BCUT2D eigenvalue weighted by atomic mass is 10.1. The van der Waals surface area contributed by atoms with E-state index in [4.69, 9.17) is 16.3 Å². The van der Waals surface area contributed by atoms with Crippen LogP contribution in [0, 0.1) is 5.82 Å². The van der Waals surface area contributed by atoms with E-state index in [2.05, 4.69) is 19.9 Å². The minimum Gasteiger partial charge on any atom is -0.478 e. The van der Waals surface area contributed by atoms with Crippen LogP contribution in [0.1, 0.15) is 51.4 Å². The minimum atomic E-state index is -4.94. The molecule has 3 aromatic heterocycles. The standard InChI is InChI=1S/C27H20ClF4N5O4/c1-14(2)37(25(38)21-4-3-17(28)12-35-21)22-8-20(29)23(7-18(22)26(39)40)41-24-19(27(30,31)32)6-15(11-36-24)5-16-9-33-13-34-10-16/h3-4,6-14H,5H2,1-2H3,(H,39,40). The summed E-state index contributed by atoms with van der Waals surface area (Å²) in [7, 11) is 0. The summed E-state index contributed by atoms with van der Waals surface area (Å²) < 4.78 is 62.3. The van der Waals surface area contributed by atoms with Gasteiger partial charge in [-0.05, 0) is 43.2 Å². The van der Waals surface area contributed by atoms with Crippen molar-refractivity contribution in [2.75, 3.05) is 4.90 Å². The van der Waals surface area contributed by atoms with E-state index in [0.717, 1.165) is 17.2 Å². The van der Waals surface area contributed by atoms with Gasteiger partial charge in [0, 0.05) is 49.4 Å². The lowest BCUT2D eigenvalue weighted by molar-refractivity contribution is -0.139. The molecule has 212 valence electrons. The Balaban J connectivity index is 1.74. The molecular formula is C27H20ClF4N5O4. The molecule has 0 spiro atoms. The fourth-order valence-electron chi connectivity index (χ4n) is 3.88. The van der Waals surface area contributed by atoms with E-state index in [1.807, 2.05) is 0 Å². The summed E-state index contributed by atoms with van der Waals surface area (Å²) in [4.78, 5) is 41.7. The highest BCUT2D eigenvalue weighted by molar-refractivity contribution is 6.30. The van der Waals surface area contributed by atoms with Gasteiger partial charge in [0.2, 0.25) is 5.88 Å². The van der Waals surface area contributed by atoms with Crippen LogP contribution in [0.2, 0.25) is 5.02 Å². The second-order valence-corrected chi connectivity index (χ2v) is 9.39. The number of carboxylic acids is 1. The summed E-state index contributed by atoms with van der Waals surface area (Å²) in [5.74, 6) is -5.40. The van der Waals surface area contributed by atoms with Gasteiger partial charge in [0.1, 0.15) is 17.6 Å². The van der Waals surface area contributed by atoms with E-state index in [0.29, 0.717) is 17.7 Å². The normalized spacial score (nSPS) is 11.4. The molecule has 0 saturated heterocycles. The molecule has 0 bridgehead atoms. The zero-order valence-electron chi connectivity index (χ0n) is 21.4. The highest BCUT2D eigenvalue weighted by Crippen LogP contribution is 2.39. The summed E-state index contributed by atoms with van der Waals surface area (Å²) in [5, 5.41) is 10.1. The van der Waals surface area contributed by atoms with Crippen LogP contribution in [0.3, 0.4) is 0 Å². The molecular weight excluding hydrogens is 570 g/mol. The molecule has 0 radical (unpaired) electrons. The number of alkyl halides is 3. The fourth-order valence-corrected chi connectivity index (χ4v) is 3.99. The first kappa shape index (κ1) is 29.3. The van der Waals surface area contributed by atoms with Gasteiger partial charge in [-0.25, -0.2) is 29.1 Å². The van der Waals surface area contributed by atoms with Crippen LogP contribution >= 0.6 is 11.6 Å². The molecule has 41 heavy (non-hydrogen) atoms. The number of rotatable bonds is 8. The Morgan fingerprint density at radius 3 is 2.32 bits per heavy atom. The molecule has 0 aliphatic carbocycles. The number of halogens is 5. The molecule has 1 amide bonds. The number of carbonyl (C=O) groups excluding carboxylic acids is 1. The molecule has 14 heteroatoms. The van der Waals surface area contributed by atoms with E-state index in [9.17, 15) is 27.9 Å². The molecule has 1 aromatic carbocycles. The van der Waals surface area contributed by atoms with Crippen LogP contribution in [0.25, 0.3) is 0 Å². The molecule has 0 fully saturated rings. The van der Waals surface area contributed by atoms with Gasteiger partial charge in [-0.2, -0.15) is 13.2 Å². The topological polar surface area (TPSA) is 118 Å². The smallest absolute Gasteiger partial charge is 0.421 e. The lowest BCUT2D eigenvalue weighted by Crippen LogP contribution is -2.38. The molecule has 9 nitrogen and oxygen atoms in total. The van der Waals surface area contributed by atoms with Crippen molar-refractivity contribution in [3.63, 3.8) is 0 Å². The summed E-state index contributed by atoms with van der Waals surface area (Å²) >= 11 is 5.82. The summed E-state index contributed by atoms with van der Waals surface area (Å²) in [6.07, 6.45) is 1.56. The van der Waals surface area contributed by atoms with Crippen molar-refractivity contribution in [1.82, 2.24) is 19.9 Å². The summed E-state index contributed by atoms with van der Waals surface area (Å²) in [6, 6.07) is 4.22. The second-order valence-electron chi connectivity index (χ2n) is 8.96. The predicted molar refractivity (Wildman–Crippen MR) is 139 cm³/mol. The number of hydrogen-bond donors (Lipinski definition) is 1. The molecule has 0 aliphatic heterocycles. The Morgan fingerprint density at radius 1 is 1.02 bits per heavy atom. The van der Waals surface area contributed by atoms with E-state index in [1.54, 1.807) is 13.8 Å². The van der Waals surface area contributed by atoms with Gasteiger partial charge in [0.05, 0.1) is 16.3 Å². The van der Waals surface area contributed by atoms with Crippen LogP contribution in [0.5, 0.6) is 11.6 Å². The van der Waals surface area contributed by atoms with E-state index in [-0.39, 0.29) is 28.4 Å². The first-order valence-electron chi connectivity index (χ1n) is 11.8. The van der Waals surface area contributed by atoms with E-state index < -0.39 is 52.7 Å². The van der Waals surface area contributed by atoms with Crippen LogP contribution in [-0.2, 0) is 12.6 Å². The molecule has 0 unspecified atom stereocenters. The van der Waals surface area contributed by atoms with Gasteiger partial charge in [-0.3, -0.25) is 4.79 Å². The molecule has 4 aromatic rings. The van der Waals surface area contributed by atoms with E-state index >= 15 is 4.39 Å². The van der Waals surface area contributed by atoms with Crippen LogP contribution in [-0.4, -0.2) is 43.0 Å². The lowest BCUT2D eigenvalue weighted by Gasteiger charge is -2.28. The van der Waals surface area contributed by atoms with E-state index in [1.165, 1.54) is 37.1 Å². The van der Waals surface area contributed by atoms with Gasteiger partial charge >= 0.3 is 12.1 Å². The Bertz CT molecular complexity index is 1590. The molecule has 4 rings (SSSR count). The number of aromatic carboxylic acids is 1. The van der Waals surface area contributed by atoms with Gasteiger partial charge < -0.3 is 14.7 Å². The maximum atomic E-state index is 15.3. The van der Waals surface area contributed by atoms with Crippen molar-refractivity contribution in [2.45, 2.75) is 32.5 Å². The highest BCUT2D eigenvalue weighted by Gasteiger charge is 2.36. The van der Waals surface area contributed by atoms with Crippen LogP contribution in [0.4, 0.5) is 23.2 Å². The van der Waals surface area contributed by atoms with Crippen molar-refractivity contribution < 1.29 is 37.0 Å². The first-order chi connectivity index (χ1) is 19.3. The maximum Gasteiger partial charge on any atom is 0.421 e. The van der Waals surface area contributed by atoms with Crippen molar-refractivity contribution in [3.8, 4) is 11.6 Å². The van der Waals surface area contributed by atoms with Gasteiger partial charge in [-0.15, -0.1) is 0 Å². The third-order valence-electron chi connectivity index (χ3n) is 5.66. The molecule has 1 N–H and O–H groups in total. The zero-order chi connectivity index (χ0) is 29.9. The highest BCUT2D eigenvalue weighted by atomic mass is 35.5. The average molecular weight is 590 g/mol. The molecule has 0 aliphatic rings. The molecule has 0 saturated carbocycles. The third kappa shape index (κ3) is 6.74. The number of carbonyl (C=O) groups is 2. The summed E-state index contributed by atoms with van der Waals surface area (Å²) in [6.45, 7) is 3.12. The van der Waals surface area contributed by atoms with Crippen LogP contribution < -0.4 is 9.64 Å². The minimum absolute atomic E-state index is 0.0327. The average Bonchev–Trinajstić information content (AvgIpc) is 2.91. The Kier molecular flexibility index (Phi) is 8.47. The quantitative estimate of drug-likeness (QED) is 0.241. The largest absolute Gasteiger partial charge is 0.478 e. The number of nitrogens with zero attached hydrogens (tertiary/aromatic N) is 5. The first-order valence-corrected chi connectivity index (χ1v) is 12.2. The predicted octanol–water partition coefficient (Wildman–Crippen LogP) is 6.21. The Hall–Kier alpha value is -4.65. The Labute approximate surface area is 235 Å². The van der Waals surface area contributed by atoms with Crippen molar-refractivity contribution in [3.05, 3.63) is 100 Å². The third-order valence-corrected chi connectivity index (χ3v) is 5.89. The number of carboxylic acid groups (broad SMARTS) is 1. The number of aromatic nitrogens is 4. The maximum absolute atomic E-state index is 15.3. The Morgan fingerprint density at radius 2 is 1.73 bits per heavy atom. The van der Waals surface area contributed by atoms with Gasteiger partial charge in [0.25, 0.3) is 5.91 Å². The SMILES string of the molecule is CC(C)N(C(=O)c1ccc(Cl)cn1)c1cc(F)c(Oc2ncc(Cc3cncnc3)cc2C(F)(F)F)cc1C(=O)O. The van der Waals surface area contributed by atoms with Crippen molar-refractivity contribution >= 4 is 29.2 Å². The van der Waals surface area contributed by atoms with Gasteiger partial charge in [-0.1, -0.05) is 11.6 Å². The van der Waals surface area contributed by atoms with Crippen molar-refractivity contribution in [1.29, 1.82) is 0 Å². The zero-order valence-corrected chi connectivity index (χ0v) is 22.1. The molecule has 3 heterocycles. The van der Waals surface area contributed by atoms with Gasteiger partial charge in [0.15, 0.2) is 11.6 Å². The number of benzene rings is 1. The number of amides is 1. The monoisotopic (exact) mass is 589 g/mol. The fraction of sp³-hybridized carbons (Fsp3) is 0.185. The second kappa shape index (κ2) is 11.8.